The van der Waals surface area contributed by atoms with Gasteiger partial charge in [0.25, 0.3) is 0 Å². The average Bonchev–Trinajstić information content (AvgIpc) is 2.64. The van der Waals surface area contributed by atoms with Crippen LogP contribution in [0.3, 0.4) is 0 Å². The van der Waals surface area contributed by atoms with Gasteiger partial charge in [-0.15, -0.1) is 0 Å². The van der Waals surface area contributed by atoms with Gasteiger partial charge < -0.3 is 9.84 Å². The van der Waals surface area contributed by atoms with Gasteiger partial charge in [0.05, 0.1) is 18.6 Å². The third-order valence-electron chi connectivity index (χ3n) is 4.00. The first-order valence-corrected chi connectivity index (χ1v) is 8.43. The van der Waals surface area contributed by atoms with E-state index in [0.717, 1.165) is 0 Å². The van der Waals surface area contributed by atoms with Gasteiger partial charge in [-0.3, -0.25) is 9.59 Å². The van der Waals surface area contributed by atoms with Gasteiger partial charge in [0.1, 0.15) is 17.6 Å². The minimum Gasteiger partial charge on any atom is -0.504 e. The van der Waals surface area contributed by atoms with E-state index in [-0.39, 0.29) is 42.8 Å². The van der Waals surface area contributed by atoms with Crippen LogP contribution in [0.25, 0.3) is 0 Å². The second kappa shape index (κ2) is 8.90. The van der Waals surface area contributed by atoms with Crippen LogP contribution < -0.4 is 0 Å². The molecule has 0 spiro atoms. The highest BCUT2D eigenvalue weighted by atomic mass is 19.1. The number of pyridine rings is 1. The van der Waals surface area contributed by atoms with Crippen LogP contribution in [-0.2, 0) is 16.0 Å². The molecular formula is C20H19FN2O4. The standard InChI is InChI=1S/C20H19FN2O4/c1-3-27-18(25)8-7-17(24)19-20(26)13(11-22)9-14(23-19)10-15-12(2)5-4-6-16(15)21/h4-6,9,26H,3,7-8,10H2,1-2H3. The molecule has 0 bridgehead atoms. The van der Waals surface area contributed by atoms with Gasteiger partial charge >= 0.3 is 5.97 Å². The van der Waals surface area contributed by atoms with Crippen molar-refractivity contribution in [3.63, 3.8) is 0 Å². The third-order valence-corrected chi connectivity index (χ3v) is 4.00. The zero-order chi connectivity index (χ0) is 20.0. The van der Waals surface area contributed by atoms with Gasteiger partial charge in [-0.1, -0.05) is 12.1 Å². The molecular weight excluding hydrogens is 351 g/mol. The van der Waals surface area contributed by atoms with Gasteiger partial charge in [-0.25, -0.2) is 9.37 Å². The van der Waals surface area contributed by atoms with Crippen LogP contribution in [0.2, 0.25) is 0 Å². The van der Waals surface area contributed by atoms with E-state index in [1.807, 2.05) is 0 Å². The number of Topliss-reactive ketones (excluding diaryl/α,β-unsaturated/α-hetero) is 1. The molecule has 1 heterocycles. The zero-order valence-corrected chi connectivity index (χ0v) is 15.1. The Labute approximate surface area is 156 Å². The lowest BCUT2D eigenvalue weighted by molar-refractivity contribution is -0.143. The predicted molar refractivity (Wildman–Crippen MR) is 94.8 cm³/mol. The number of carbonyl (C=O) groups is 2. The number of aromatic nitrogens is 1. The fourth-order valence-electron chi connectivity index (χ4n) is 2.60. The van der Waals surface area contributed by atoms with Gasteiger partial charge in [-0.2, -0.15) is 5.26 Å². The first-order valence-electron chi connectivity index (χ1n) is 8.43. The van der Waals surface area contributed by atoms with Gasteiger partial charge in [0, 0.05) is 18.5 Å². The summed E-state index contributed by atoms with van der Waals surface area (Å²) in [5.41, 5.74) is 0.941. The van der Waals surface area contributed by atoms with E-state index in [1.54, 1.807) is 32.0 Å². The van der Waals surface area contributed by atoms with Crippen molar-refractivity contribution >= 4 is 11.8 Å². The largest absolute Gasteiger partial charge is 0.504 e. The van der Waals surface area contributed by atoms with Gasteiger partial charge in [0.15, 0.2) is 11.5 Å². The summed E-state index contributed by atoms with van der Waals surface area (Å²) in [5.74, 6) is -2.09. The number of hydrogen-bond acceptors (Lipinski definition) is 6. The van der Waals surface area contributed by atoms with Crippen molar-refractivity contribution in [3.05, 3.63) is 58.2 Å². The van der Waals surface area contributed by atoms with Crippen molar-refractivity contribution in [3.8, 4) is 11.8 Å². The highest BCUT2D eigenvalue weighted by molar-refractivity contribution is 5.98. The Morgan fingerprint density at radius 1 is 1.33 bits per heavy atom. The molecule has 0 saturated carbocycles. The summed E-state index contributed by atoms with van der Waals surface area (Å²) < 4.78 is 18.8. The number of aromatic hydroxyl groups is 1. The maximum absolute atomic E-state index is 14.1. The van der Waals surface area contributed by atoms with Crippen molar-refractivity contribution in [2.24, 2.45) is 0 Å². The average molecular weight is 370 g/mol. The van der Waals surface area contributed by atoms with Crippen LogP contribution in [0.4, 0.5) is 4.39 Å². The van der Waals surface area contributed by atoms with Crippen molar-refractivity contribution in [2.75, 3.05) is 6.61 Å². The molecule has 0 saturated heterocycles. The third kappa shape index (κ3) is 4.88. The number of halogens is 1. The molecule has 1 aromatic heterocycles. The Bertz CT molecular complexity index is 899. The highest BCUT2D eigenvalue weighted by Crippen LogP contribution is 2.25. The second-order valence-electron chi connectivity index (χ2n) is 5.91. The van der Waals surface area contributed by atoms with Gasteiger partial charge in [-0.05, 0) is 37.1 Å². The Kier molecular flexibility index (Phi) is 6.61. The summed E-state index contributed by atoms with van der Waals surface area (Å²) in [5, 5.41) is 19.3. The van der Waals surface area contributed by atoms with Crippen molar-refractivity contribution in [2.45, 2.75) is 33.1 Å². The number of ether oxygens (including phenoxy) is 1. The highest BCUT2D eigenvalue weighted by Gasteiger charge is 2.20. The Morgan fingerprint density at radius 2 is 2.07 bits per heavy atom. The van der Waals surface area contributed by atoms with Crippen LogP contribution in [0.15, 0.2) is 24.3 Å². The number of esters is 1. The monoisotopic (exact) mass is 370 g/mol. The molecule has 1 aromatic carbocycles. The lowest BCUT2D eigenvalue weighted by Gasteiger charge is -2.10. The number of aryl methyl sites for hydroxylation is 1. The summed E-state index contributed by atoms with van der Waals surface area (Å²) in [6.45, 7) is 3.60. The van der Waals surface area contributed by atoms with Crippen molar-refractivity contribution in [1.29, 1.82) is 5.26 Å². The number of nitrogens with zero attached hydrogens (tertiary/aromatic N) is 2. The van der Waals surface area contributed by atoms with E-state index < -0.39 is 23.3 Å². The van der Waals surface area contributed by atoms with Crippen LogP contribution in [0.5, 0.6) is 5.75 Å². The molecule has 0 aliphatic carbocycles. The van der Waals surface area contributed by atoms with Gasteiger partial charge in [0.2, 0.25) is 0 Å². The maximum atomic E-state index is 14.1. The van der Waals surface area contributed by atoms with E-state index in [9.17, 15) is 24.3 Å². The SMILES string of the molecule is CCOC(=O)CCC(=O)c1nc(Cc2c(C)cccc2F)cc(C#N)c1O. The Hall–Kier alpha value is -3.27. The topological polar surface area (TPSA) is 100 Å². The number of ketones is 1. The number of hydrogen-bond donors (Lipinski definition) is 1. The maximum Gasteiger partial charge on any atom is 0.306 e. The fraction of sp³-hybridized carbons (Fsp3) is 0.300. The van der Waals surface area contributed by atoms with Crippen molar-refractivity contribution < 1.29 is 23.8 Å². The number of nitriles is 1. The van der Waals surface area contributed by atoms with Crippen LogP contribution >= 0.6 is 0 Å². The lowest BCUT2D eigenvalue weighted by Crippen LogP contribution is -2.11. The first kappa shape index (κ1) is 20.0. The lowest BCUT2D eigenvalue weighted by atomic mass is 10.0. The molecule has 0 radical (unpaired) electrons. The fourth-order valence-corrected chi connectivity index (χ4v) is 2.60. The molecule has 7 heteroatoms. The second-order valence-corrected chi connectivity index (χ2v) is 5.91. The molecule has 0 aliphatic heterocycles. The molecule has 27 heavy (non-hydrogen) atoms. The first-order chi connectivity index (χ1) is 12.9. The zero-order valence-electron chi connectivity index (χ0n) is 15.1. The summed E-state index contributed by atoms with van der Waals surface area (Å²) >= 11 is 0. The van der Waals surface area contributed by atoms with Crippen molar-refractivity contribution in [1.82, 2.24) is 4.98 Å². The minimum absolute atomic E-state index is 0.0611. The molecule has 0 atom stereocenters. The number of benzene rings is 1. The Morgan fingerprint density at radius 3 is 2.70 bits per heavy atom. The smallest absolute Gasteiger partial charge is 0.306 e. The molecule has 0 unspecified atom stereocenters. The molecule has 140 valence electrons. The summed E-state index contributed by atoms with van der Waals surface area (Å²) in [4.78, 5) is 27.9. The van der Waals surface area contributed by atoms with Crippen LogP contribution in [0.1, 0.15) is 52.6 Å². The molecule has 0 fully saturated rings. The van der Waals surface area contributed by atoms with E-state index in [0.29, 0.717) is 11.1 Å². The molecule has 0 amide bonds. The molecule has 0 aliphatic rings. The number of rotatable bonds is 7. The molecule has 6 nitrogen and oxygen atoms in total. The Balaban J connectivity index is 2.33. The quantitative estimate of drug-likeness (QED) is 0.593. The summed E-state index contributed by atoms with van der Waals surface area (Å²) in [7, 11) is 0. The van der Waals surface area contributed by atoms with Crippen LogP contribution in [-0.4, -0.2) is 28.4 Å². The van der Waals surface area contributed by atoms with E-state index in [1.165, 1.54) is 12.1 Å². The summed E-state index contributed by atoms with van der Waals surface area (Å²) in [6, 6.07) is 7.78. The molecule has 1 N–H and O–H groups in total. The molecule has 2 rings (SSSR count). The van der Waals surface area contributed by atoms with E-state index in [4.69, 9.17) is 4.74 Å². The van der Waals surface area contributed by atoms with Crippen LogP contribution in [0, 0.1) is 24.1 Å². The summed E-state index contributed by atoms with van der Waals surface area (Å²) in [6.07, 6.45) is -0.315. The minimum atomic E-state index is -0.593. The predicted octanol–water partition coefficient (Wildman–Crippen LogP) is 3.22. The van der Waals surface area contributed by atoms with E-state index >= 15 is 0 Å². The van der Waals surface area contributed by atoms with E-state index in [2.05, 4.69) is 4.98 Å². The normalized spacial score (nSPS) is 10.3. The molecule has 2 aromatic rings. The number of carbonyl (C=O) groups excluding carboxylic acids is 2.